The minimum atomic E-state index is -1.11. The number of fused-ring (bicyclic) bond motifs is 3. The van der Waals surface area contributed by atoms with Crippen LogP contribution < -0.4 is 10.4 Å². The number of hydrogen-bond acceptors (Lipinski definition) is 4. The number of carbonyl (C=O) groups excluding carboxylic acids is 2. The van der Waals surface area contributed by atoms with Crippen molar-refractivity contribution < 1.29 is 19.1 Å². The third-order valence-electron chi connectivity index (χ3n) is 5.63. The Labute approximate surface area is 146 Å². The Morgan fingerprint density at radius 2 is 1.80 bits per heavy atom. The summed E-state index contributed by atoms with van der Waals surface area (Å²) in [5.41, 5.74) is 2.81. The van der Waals surface area contributed by atoms with Crippen molar-refractivity contribution in [1.82, 2.24) is 0 Å². The molecule has 5 heteroatoms. The summed E-state index contributed by atoms with van der Waals surface area (Å²) in [7, 11) is 0. The first-order valence-corrected chi connectivity index (χ1v) is 9.19. The third-order valence-corrected chi connectivity index (χ3v) is 5.63. The Kier molecular flexibility index (Phi) is 4.24. The molecule has 0 aliphatic heterocycles. The number of rotatable bonds is 3. The normalized spacial score (nSPS) is 23.2. The first kappa shape index (κ1) is 16.2. The third kappa shape index (κ3) is 3.03. The number of carboxylic acid groups (broad SMARTS) is 1. The average molecular weight is 340 g/mol. The van der Waals surface area contributed by atoms with E-state index in [9.17, 15) is 14.7 Å². The van der Waals surface area contributed by atoms with Gasteiger partial charge in [0.1, 0.15) is 11.3 Å². The average Bonchev–Trinajstić information content (AvgIpc) is 2.99. The van der Waals surface area contributed by atoms with E-state index in [0.29, 0.717) is 18.5 Å². The van der Waals surface area contributed by atoms with Gasteiger partial charge in [0.2, 0.25) is 5.91 Å². The lowest BCUT2D eigenvalue weighted by Gasteiger charge is -2.31. The Bertz CT molecular complexity index is 822. The van der Waals surface area contributed by atoms with Crippen LogP contribution in [0.5, 0.6) is 0 Å². The lowest BCUT2D eigenvalue weighted by atomic mass is 9.78. The molecule has 1 amide bonds. The summed E-state index contributed by atoms with van der Waals surface area (Å²) in [5.74, 6) is -1.45. The molecule has 0 saturated heterocycles. The summed E-state index contributed by atoms with van der Waals surface area (Å²) in [6.45, 7) is 0. The summed E-state index contributed by atoms with van der Waals surface area (Å²) in [4.78, 5) is 23.9. The molecule has 1 N–H and O–H groups in total. The van der Waals surface area contributed by atoms with Crippen molar-refractivity contribution in [3.8, 4) is 0 Å². The van der Waals surface area contributed by atoms with Crippen LogP contribution in [-0.2, 0) is 22.4 Å². The van der Waals surface area contributed by atoms with Crippen molar-refractivity contribution in [3.63, 3.8) is 0 Å². The topological polar surface area (TPSA) is 82.4 Å². The van der Waals surface area contributed by atoms with Crippen molar-refractivity contribution in [1.29, 1.82) is 0 Å². The minimum absolute atomic E-state index is 0.217. The quantitative estimate of drug-likeness (QED) is 0.931. The van der Waals surface area contributed by atoms with E-state index >= 15 is 0 Å². The number of aliphatic carboxylic acids is 1. The molecular formula is C20H22NO4-. The molecule has 2 aliphatic rings. The zero-order valence-corrected chi connectivity index (χ0v) is 14.2. The van der Waals surface area contributed by atoms with Crippen LogP contribution in [0.25, 0.3) is 11.0 Å². The van der Waals surface area contributed by atoms with E-state index < -0.39 is 17.8 Å². The van der Waals surface area contributed by atoms with Crippen LogP contribution in [0.2, 0.25) is 0 Å². The van der Waals surface area contributed by atoms with Crippen LogP contribution in [0.1, 0.15) is 49.8 Å². The molecule has 1 aromatic heterocycles. The van der Waals surface area contributed by atoms with Gasteiger partial charge in [0.15, 0.2) is 0 Å². The SMILES string of the molecule is O=C([O-])[C@H]1CCCC[C@@H]1C(=O)Nc1ccc2oc3c(c2c1)CCCC3. The zero-order chi connectivity index (χ0) is 17.4. The maximum atomic E-state index is 12.6. The van der Waals surface area contributed by atoms with E-state index in [1.807, 2.05) is 18.2 Å². The highest BCUT2D eigenvalue weighted by molar-refractivity contribution is 5.97. The minimum Gasteiger partial charge on any atom is -0.550 e. The Hall–Kier alpha value is -2.30. The van der Waals surface area contributed by atoms with Crippen molar-refractivity contribution in [2.24, 2.45) is 11.8 Å². The number of hydrogen-bond donors (Lipinski definition) is 1. The summed E-state index contributed by atoms with van der Waals surface area (Å²) in [6.07, 6.45) is 7.15. The molecule has 1 saturated carbocycles. The van der Waals surface area contributed by atoms with Crippen molar-refractivity contribution in [2.75, 3.05) is 5.32 Å². The highest BCUT2D eigenvalue weighted by Gasteiger charge is 2.32. The van der Waals surface area contributed by atoms with Crippen molar-refractivity contribution in [2.45, 2.75) is 51.4 Å². The number of carbonyl (C=O) groups is 2. The summed E-state index contributed by atoms with van der Waals surface area (Å²) < 4.78 is 5.92. The standard InChI is InChI=1S/C20H23NO4/c22-19(14-6-1-2-7-15(14)20(23)24)21-12-9-10-18-16(11-12)13-5-3-4-8-17(13)25-18/h9-11,14-15H,1-8H2,(H,21,22)(H,23,24)/p-1/t14-,15-/m0/s1. The molecule has 0 radical (unpaired) electrons. The van der Waals surface area contributed by atoms with Gasteiger partial charge in [0, 0.05) is 40.9 Å². The summed E-state index contributed by atoms with van der Waals surface area (Å²) >= 11 is 0. The Morgan fingerprint density at radius 3 is 2.60 bits per heavy atom. The summed E-state index contributed by atoms with van der Waals surface area (Å²) in [5, 5.41) is 15.3. The van der Waals surface area contributed by atoms with E-state index in [1.54, 1.807) is 0 Å². The molecule has 4 rings (SSSR count). The van der Waals surface area contributed by atoms with Gasteiger partial charge in [-0.3, -0.25) is 4.79 Å². The molecule has 1 fully saturated rings. The van der Waals surface area contributed by atoms with Gasteiger partial charge in [0.25, 0.3) is 0 Å². The first-order valence-electron chi connectivity index (χ1n) is 9.19. The monoisotopic (exact) mass is 340 g/mol. The van der Waals surface area contributed by atoms with E-state index in [2.05, 4.69) is 5.32 Å². The van der Waals surface area contributed by atoms with Crippen LogP contribution >= 0.6 is 0 Å². The van der Waals surface area contributed by atoms with Crippen LogP contribution in [-0.4, -0.2) is 11.9 Å². The van der Waals surface area contributed by atoms with Gasteiger partial charge in [-0.05, 0) is 50.3 Å². The van der Waals surface area contributed by atoms with Gasteiger partial charge in [-0.15, -0.1) is 0 Å². The molecule has 5 nitrogen and oxygen atoms in total. The predicted molar refractivity (Wildman–Crippen MR) is 91.9 cm³/mol. The van der Waals surface area contributed by atoms with Crippen molar-refractivity contribution in [3.05, 3.63) is 29.5 Å². The summed E-state index contributed by atoms with van der Waals surface area (Å²) in [6, 6.07) is 5.67. The molecule has 132 valence electrons. The largest absolute Gasteiger partial charge is 0.550 e. The van der Waals surface area contributed by atoms with Gasteiger partial charge in [-0.25, -0.2) is 0 Å². The van der Waals surface area contributed by atoms with Gasteiger partial charge in [-0.1, -0.05) is 12.8 Å². The molecule has 0 bridgehead atoms. The molecule has 1 aromatic carbocycles. The Balaban J connectivity index is 1.57. The molecule has 2 atom stereocenters. The highest BCUT2D eigenvalue weighted by atomic mass is 16.4. The van der Waals surface area contributed by atoms with Crippen molar-refractivity contribution >= 4 is 28.5 Å². The predicted octanol–water partition coefficient (Wildman–Crippen LogP) is 2.81. The molecule has 25 heavy (non-hydrogen) atoms. The smallest absolute Gasteiger partial charge is 0.228 e. The fraction of sp³-hybridized carbons (Fsp3) is 0.500. The molecule has 0 unspecified atom stereocenters. The fourth-order valence-corrected chi connectivity index (χ4v) is 4.30. The second kappa shape index (κ2) is 6.54. The number of furan rings is 1. The van der Waals surface area contributed by atoms with Crippen LogP contribution in [0.3, 0.4) is 0 Å². The van der Waals surface area contributed by atoms with Gasteiger partial charge >= 0.3 is 0 Å². The number of amides is 1. The first-order chi connectivity index (χ1) is 12.1. The number of carboxylic acids is 1. The van der Waals surface area contributed by atoms with Crippen LogP contribution in [0, 0.1) is 11.8 Å². The van der Waals surface area contributed by atoms with Gasteiger partial charge in [0.05, 0.1) is 0 Å². The second-order valence-electron chi connectivity index (χ2n) is 7.23. The van der Waals surface area contributed by atoms with E-state index in [-0.39, 0.29) is 5.91 Å². The fourth-order valence-electron chi connectivity index (χ4n) is 4.30. The van der Waals surface area contributed by atoms with Crippen LogP contribution in [0.15, 0.2) is 22.6 Å². The second-order valence-corrected chi connectivity index (χ2v) is 7.23. The Morgan fingerprint density at radius 1 is 1.04 bits per heavy atom. The molecule has 0 spiro atoms. The maximum Gasteiger partial charge on any atom is 0.228 e. The molecular weight excluding hydrogens is 318 g/mol. The van der Waals surface area contributed by atoms with E-state index in [1.165, 1.54) is 5.56 Å². The molecule has 2 aromatic rings. The number of nitrogens with one attached hydrogen (secondary N) is 1. The van der Waals surface area contributed by atoms with Crippen LogP contribution in [0.4, 0.5) is 5.69 Å². The van der Waals surface area contributed by atoms with Gasteiger partial charge < -0.3 is 19.6 Å². The number of aryl methyl sites for hydroxylation is 2. The lowest BCUT2D eigenvalue weighted by molar-refractivity contribution is -0.313. The molecule has 1 heterocycles. The van der Waals surface area contributed by atoms with E-state index in [0.717, 1.165) is 55.3 Å². The van der Waals surface area contributed by atoms with Gasteiger partial charge in [-0.2, -0.15) is 0 Å². The number of benzene rings is 1. The maximum absolute atomic E-state index is 12.6. The molecule has 2 aliphatic carbocycles. The number of anilines is 1. The highest BCUT2D eigenvalue weighted by Crippen LogP contribution is 2.34. The lowest BCUT2D eigenvalue weighted by Crippen LogP contribution is -2.42. The van der Waals surface area contributed by atoms with E-state index in [4.69, 9.17) is 4.42 Å². The zero-order valence-electron chi connectivity index (χ0n) is 14.2.